The number of para-hydroxylation sites is 1. The van der Waals surface area contributed by atoms with Crippen LogP contribution in [0.15, 0.2) is 78.1 Å². The molecular weight excluding hydrogens is 468 g/mol. The van der Waals surface area contributed by atoms with Crippen LogP contribution in [-0.4, -0.2) is 31.8 Å². The van der Waals surface area contributed by atoms with E-state index >= 15 is 0 Å². The monoisotopic (exact) mass is 483 g/mol. The van der Waals surface area contributed by atoms with Crippen molar-refractivity contribution in [2.45, 2.75) is 23.0 Å². The number of nitrogens with zero attached hydrogens (tertiary/aromatic N) is 3. The number of hydrogen-bond acceptors (Lipinski definition) is 4. The second kappa shape index (κ2) is 8.38. The van der Waals surface area contributed by atoms with Crippen LogP contribution in [-0.2, 0) is 11.8 Å². The van der Waals surface area contributed by atoms with Crippen molar-refractivity contribution >= 4 is 22.7 Å². The Morgan fingerprint density at radius 1 is 0.848 bits per heavy atom. The van der Waals surface area contributed by atoms with Gasteiger partial charge < -0.3 is 5.11 Å². The highest BCUT2D eigenvalue weighted by molar-refractivity contribution is 7.99. The number of benzene rings is 2. The van der Waals surface area contributed by atoms with E-state index in [-0.39, 0.29) is 5.03 Å². The first-order chi connectivity index (χ1) is 15.5. The van der Waals surface area contributed by atoms with E-state index in [1.54, 1.807) is 28.9 Å². The van der Waals surface area contributed by atoms with E-state index in [4.69, 9.17) is 0 Å². The average Bonchev–Trinajstić information content (AvgIpc) is 3.20. The fourth-order valence-corrected chi connectivity index (χ4v) is 4.18. The van der Waals surface area contributed by atoms with Gasteiger partial charge in [0.2, 0.25) is 0 Å². The number of thioether (sulfide) groups is 1. The molecule has 4 nitrogen and oxygen atoms in total. The van der Waals surface area contributed by atoms with Gasteiger partial charge in [-0.05, 0) is 42.0 Å². The van der Waals surface area contributed by atoms with Crippen molar-refractivity contribution in [2.24, 2.45) is 0 Å². The highest BCUT2D eigenvalue weighted by atomic mass is 32.2. The van der Waals surface area contributed by atoms with E-state index in [9.17, 15) is 31.4 Å². The summed E-state index contributed by atoms with van der Waals surface area (Å²) in [6.07, 6.45) is -7.72. The summed E-state index contributed by atoms with van der Waals surface area (Å²) >= 11 is 0.507. The molecule has 0 radical (unpaired) electrons. The van der Waals surface area contributed by atoms with Crippen molar-refractivity contribution in [1.82, 2.24) is 14.8 Å². The Bertz CT molecular complexity index is 1260. The third-order valence-corrected chi connectivity index (χ3v) is 6.11. The molecule has 2 heterocycles. The van der Waals surface area contributed by atoms with Gasteiger partial charge in [0.1, 0.15) is 0 Å². The lowest BCUT2D eigenvalue weighted by Gasteiger charge is -2.30. The molecule has 33 heavy (non-hydrogen) atoms. The molecule has 0 saturated carbocycles. The van der Waals surface area contributed by atoms with Crippen molar-refractivity contribution in [3.63, 3.8) is 0 Å². The Hall–Kier alpha value is -3.05. The van der Waals surface area contributed by atoms with Crippen LogP contribution in [0.5, 0.6) is 0 Å². The van der Waals surface area contributed by atoms with Gasteiger partial charge in [0.25, 0.3) is 0 Å². The second-order valence-corrected chi connectivity index (χ2v) is 8.19. The quantitative estimate of drug-likeness (QED) is 0.280. The molecule has 11 heteroatoms. The first-order valence-electron chi connectivity index (χ1n) is 9.48. The molecule has 1 atom stereocenters. The molecule has 0 fully saturated rings. The zero-order valence-corrected chi connectivity index (χ0v) is 17.4. The van der Waals surface area contributed by atoms with Crippen LogP contribution in [0.25, 0.3) is 16.6 Å². The van der Waals surface area contributed by atoms with Gasteiger partial charge >= 0.3 is 12.4 Å². The van der Waals surface area contributed by atoms with Crippen molar-refractivity contribution in [3.05, 3.63) is 84.2 Å². The summed E-state index contributed by atoms with van der Waals surface area (Å²) in [5.41, 5.74) is -3.42. The van der Waals surface area contributed by atoms with Crippen molar-refractivity contribution in [3.8, 4) is 5.69 Å². The van der Waals surface area contributed by atoms with Gasteiger partial charge in [0, 0.05) is 17.3 Å². The van der Waals surface area contributed by atoms with Crippen LogP contribution in [0.2, 0.25) is 0 Å². The van der Waals surface area contributed by atoms with E-state index in [0.29, 0.717) is 28.9 Å². The maximum atomic E-state index is 13.9. The van der Waals surface area contributed by atoms with Crippen molar-refractivity contribution < 1.29 is 31.4 Å². The molecule has 0 saturated heterocycles. The van der Waals surface area contributed by atoms with Crippen LogP contribution in [0.1, 0.15) is 11.1 Å². The smallest absolute Gasteiger partial charge is 0.376 e. The fraction of sp³-hybridized carbons (Fsp3) is 0.182. The Morgan fingerprint density at radius 2 is 1.55 bits per heavy atom. The minimum Gasteiger partial charge on any atom is -0.376 e. The number of alkyl halides is 6. The number of aromatic nitrogens is 3. The summed E-state index contributed by atoms with van der Waals surface area (Å²) in [6, 6.07) is 14.5. The van der Waals surface area contributed by atoms with Gasteiger partial charge in [-0.2, -0.15) is 31.4 Å². The van der Waals surface area contributed by atoms with Gasteiger partial charge in [-0.3, -0.25) is 0 Å². The van der Waals surface area contributed by atoms with Crippen LogP contribution >= 0.6 is 11.8 Å². The number of fused-ring (bicyclic) bond motifs is 1. The maximum absolute atomic E-state index is 13.9. The van der Waals surface area contributed by atoms with Crippen LogP contribution in [0.4, 0.5) is 26.3 Å². The van der Waals surface area contributed by atoms with Gasteiger partial charge in [-0.25, -0.2) is 9.67 Å². The molecule has 0 bridgehead atoms. The Labute approximate surface area is 187 Å². The molecule has 4 rings (SSSR count). The Kier molecular flexibility index (Phi) is 5.87. The molecule has 4 aromatic rings. The number of pyridine rings is 1. The molecule has 0 spiro atoms. The van der Waals surface area contributed by atoms with Crippen molar-refractivity contribution in [2.75, 3.05) is 5.75 Å². The molecule has 0 aliphatic rings. The minimum atomic E-state index is -5.05. The maximum Gasteiger partial charge on any atom is 0.422 e. The third kappa shape index (κ3) is 4.55. The SMILES string of the molecule is OC(CSc1ccc(C(F)(F)F)cn1)(c1ccc2c(cnn2-c2ccccc2)c1)C(F)(F)F. The lowest BCUT2D eigenvalue weighted by Crippen LogP contribution is -2.44. The van der Waals surface area contributed by atoms with Gasteiger partial charge in [0.15, 0.2) is 5.60 Å². The first kappa shape index (κ1) is 23.1. The number of halogens is 6. The summed E-state index contributed by atoms with van der Waals surface area (Å²) in [6.45, 7) is 0. The highest BCUT2D eigenvalue weighted by Crippen LogP contribution is 2.43. The topological polar surface area (TPSA) is 50.9 Å². The minimum absolute atomic E-state index is 0.0800. The van der Waals surface area contributed by atoms with Gasteiger partial charge in [-0.15, -0.1) is 11.8 Å². The standard InChI is InChI=1S/C22H15F6N3OS/c23-21(24,25)16-7-9-19(29-12-16)33-13-20(32,22(26,27)28)15-6-8-18-14(10-15)11-30-31(18)17-4-2-1-3-5-17/h1-12,32H,13H2. The Morgan fingerprint density at radius 3 is 2.15 bits per heavy atom. The Balaban J connectivity index is 1.64. The molecule has 172 valence electrons. The van der Waals surface area contributed by atoms with E-state index < -0.39 is 34.8 Å². The van der Waals surface area contributed by atoms with E-state index in [1.807, 2.05) is 6.07 Å². The predicted molar refractivity (Wildman–Crippen MR) is 111 cm³/mol. The van der Waals surface area contributed by atoms with Gasteiger partial charge in [-0.1, -0.05) is 24.3 Å². The molecule has 0 aliphatic heterocycles. The normalized spacial score (nSPS) is 14.4. The summed E-state index contributed by atoms with van der Waals surface area (Å²) in [5.74, 6) is -0.896. The fourth-order valence-electron chi connectivity index (χ4n) is 3.21. The number of hydrogen-bond donors (Lipinski definition) is 1. The first-order valence-corrected chi connectivity index (χ1v) is 10.5. The van der Waals surface area contributed by atoms with Crippen LogP contribution in [0.3, 0.4) is 0 Å². The number of rotatable bonds is 5. The number of aliphatic hydroxyl groups is 1. The summed E-state index contributed by atoms with van der Waals surface area (Å²) in [7, 11) is 0. The molecule has 2 aromatic heterocycles. The van der Waals surface area contributed by atoms with Crippen molar-refractivity contribution in [1.29, 1.82) is 0 Å². The molecular formula is C22H15F6N3OS. The van der Waals surface area contributed by atoms with E-state index in [1.165, 1.54) is 18.3 Å². The predicted octanol–water partition coefficient (Wildman–Crippen LogP) is 5.98. The zero-order valence-electron chi connectivity index (χ0n) is 16.6. The lowest BCUT2D eigenvalue weighted by atomic mass is 9.94. The molecule has 1 N–H and O–H groups in total. The highest BCUT2D eigenvalue weighted by Gasteiger charge is 2.55. The van der Waals surface area contributed by atoms with E-state index in [2.05, 4.69) is 10.1 Å². The lowest BCUT2D eigenvalue weighted by molar-refractivity contribution is -0.256. The third-order valence-electron chi connectivity index (χ3n) is 5.01. The average molecular weight is 483 g/mol. The molecule has 0 aliphatic carbocycles. The molecule has 1 unspecified atom stereocenters. The second-order valence-electron chi connectivity index (χ2n) is 7.20. The zero-order chi connectivity index (χ0) is 23.9. The summed E-state index contributed by atoms with van der Waals surface area (Å²) in [4.78, 5) is 3.56. The van der Waals surface area contributed by atoms with Gasteiger partial charge in [0.05, 0.1) is 28.0 Å². The molecule has 2 aromatic carbocycles. The summed E-state index contributed by atoms with van der Waals surface area (Å²) < 4.78 is 81.4. The van der Waals surface area contributed by atoms with Crippen LogP contribution < -0.4 is 0 Å². The largest absolute Gasteiger partial charge is 0.422 e. The van der Waals surface area contributed by atoms with E-state index in [0.717, 1.165) is 23.9 Å². The molecule has 0 amide bonds. The van der Waals surface area contributed by atoms with Crippen LogP contribution in [0, 0.1) is 0 Å². The summed E-state index contributed by atoms with van der Waals surface area (Å²) in [5, 5.41) is 15.2.